The lowest BCUT2D eigenvalue weighted by molar-refractivity contribution is 0.206. The van der Waals surface area contributed by atoms with Crippen molar-refractivity contribution in [3.8, 4) is 0 Å². The zero-order valence-electron chi connectivity index (χ0n) is 8.31. The van der Waals surface area contributed by atoms with Gasteiger partial charge in [-0.05, 0) is 31.2 Å². The molecule has 14 heavy (non-hydrogen) atoms. The number of rotatable bonds is 5. The summed E-state index contributed by atoms with van der Waals surface area (Å²) in [4.78, 5) is 5.13. The van der Waals surface area contributed by atoms with Crippen LogP contribution in [0.4, 0.5) is 0 Å². The molecule has 1 heterocycles. The highest BCUT2D eigenvalue weighted by Gasteiger charge is 2.15. The fourth-order valence-corrected chi connectivity index (χ4v) is 2.03. The third kappa shape index (κ3) is 4.09. The van der Waals surface area contributed by atoms with E-state index in [1.165, 1.54) is 4.90 Å². The van der Waals surface area contributed by atoms with E-state index in [4.69, 9.17) is 10.8 Å². The third-order valence-corrected chi connectivity index (χ3v) is 2.97. The Balaban J connectivity index is 2.29. The molecule has 1 rings (SSSR count). The summed E-state index contributed by atoms with van der Waals surface area (Å²) < 4.78 is 0. The first-order valence-corrected chi connectivity index (χ1v) is 5.55. The Bertz CT molecular complexity index is 264. The Kier molecular flexibility index (Phi) is 4.38. The second-order valence-corrected chi connectivity index (χ2v) is 4.76. The average molecular weight is 212 g/mol. The van der Waals surface area contributed by atoms with E-state index in [1.807, 2.05) is 19.1 Å². The molecule has 4 heteroatoms. The molecule has 0 aliphatic carbocycles. The molecule has 0 aliphatic rings. The van der Waals surface area contributed by atoms with Crippen molar-refractivity contribution < 1.29 is 5.11 Å². The minimum absolute atomic E-state index is 0.0317. The van der Waals surface area contributed by atoms with E-state index in [0.717, 1.165) is 12.2 Å². The predicted octanol–water partition coefficient (Wildman–Crippen LogP) is 1.27. The molecule has 1 aromatic rings. The summed E-state index contributed by atoms with van der Waals surface area (Å²) in [5, 5.41) is 8.95. The van der Waals surface area contributed by atoms with Crippen LogP contribution in [0.15, 0.2) is 29.4 Å². The molecule has 0 aliphatic heterocycles. The Morgan fingerprint density at radius 1 is 1.50 bits per heavy atom. The Morgan fingerprint density at radius 2 is 2.14 bits per heavy atom. The lowest BCUT2D eigenvalue weighted by atomic mass is 10.0. The van der Waals surface area contributed by atoms with Crippen LogP contribution in [0.5, 0.6) is 0 Å². The van der Waals surface area contributed by atoms with Crippen molar-refractivity contribution in [2.24, 2.45) is 5.73 Å². The zero-order chi connectivity index (χ0) is 10.4. The molecular weight excluding hydrogens is 196 g/mol. The molecule has 0 spiro atoms. The van der Waals surface area contributed by atoms with Gasteiger partial charge in [0, 0.05) is 22.8 Å². The van der Waals surface area contributed by atoms with E-state index in [0.29, 0.717) is 0 Å². The zero-order valence-corrected chi connectivity index (χ0v) is 9.13. The van der Waals surface area contributed by atoms with Crippen LogP contribution in [0.3, 0.4) is 0 Å². The third-order valence-electron chi connectivity index (χ3n) is 1.95. The van der Waals surface area contributed by atoms with Gasteiger partial charge in [0.05, 0.1) is 6.61 Å². The van der Waals surface area contributed by atoms with Crippen LogP contribution in [0.1, 0.15) is 13.3 Å². The monoisotopic (exact) mass is 212 g/mol. The van der Waals surface area contributed by atoms with Crippen molar-refractivity contribution in [3.05, 3.63) is 24.5 Å². The number of pyridine rings is 1. The largest absolute Gasteiger partial charge is 0.394 e. The van der Waals surface area contributed by atoms with E-state index >= 15 is 0 Å². The number of aliphatic hydroxyl groups is 1. The van der Waals surface area contributed by atoms with Gasteiger partial charge in [-0.2, -0.15) is 0 Å². The van der Waals surface area contributed by atoms with Crippen LogP contribution in [0, 0.1) is 0 Å². The first-order chi connectivity index (χ1) is 6.64. The van der Waals surface area contributed by atoms with Crippen molar-refractivity contribution in [2.45, 2.75) is 23.8 Å². The highest BCUT2D eigenvalue weighted by Crippen LogP contribution is 2.19. The maximum atomic E-state index is 8.95. The molecular formula is C10H16N2OS. The van der Waals surface area contributed by atoms with Crippen molar-refractivity contribution in [1.29, 1.82) is 0 Å². The van der Waals surface area contributed by atoms with Gasteiger partial charge in [0.1, 0.15) is 0 Å². The first-order valence-electron chi connectivity index (χ1n) is 4.57. The van der Waals surface area contributed by atoms with Crippen molar-refractivity contribution >= 4 is 11.8 Å². The van der Waals surface area contributed by atoms with Gasteiger partial charge in [-0.25, -0.2) is 0 Å². The van der Waals surface area contributed by atoms with Crippen LogP contribution in [-0.4, -0.2) is 28.0 Å². The summed E-state index contributed by atoms with van der Waals surface area (Å²) in [7, 11) is 0. The van der Waals surface area contributed by atoms with E-state index in [2.05, 4.69) is 4.98 Å². The highest BCUT2D eigenvalue weighted by molar-refractivity contribution is 7.99. The van der Waals surface area contributed by atoms with Crippen molar-refractivity contribution in [3.63, 3.8) is 0 Å². The number of nitrogens with two attached hydrogens (primary N) is 1. The summed E-state index contributed by atoms with van der Waals surface area (Å²) in [6, 6.07) is 3.94. The van der Waals surface area contributed by atoms with E-state index in [1.54, 1.807) is 24.2 Å². The van der Waals surface area contributed by atoms with Gasteiger partial charge in [0.25, 0.3) is 0 Å². The Labute approximate surface area is 88.7 Å². The number of aromatic nitrogens is 1. The lowest BCUT2D eigenvalue weighted by Crippen LogP contribution is -2.40. The number of thioether (sulfide) groups is 1. The minimum atomic E-state index is -0.458. The molecule has 0 amide bonds. The normalized spacial score (nSPS) is 15.1. The first kappa shape index (κ1) is 11.5. The summed E-state index contributed by atoms with van der Waals surface area (Å²) in [6.45, 7) is 1.89. The molecule has 1 aromatic heterocycles. The molecule has 0 radical (unpaired) electrons. The van der Waals surface area contributed by atoms with E-state index in [9.17, 15) is 0 Å². The second-order valence-electron chi connectivity index (χ2n) is 3.59. The molecule has 0 aromatic carbocycles. The van der Waals surface area contributed by atoms with Gasteiger partial charge in [0.2, 0.25) is 0 Å². The number of hydrogen-bond acceptors (Lipinski definition) is 4. The molecule has 3 N–H and O–H groups in total. The summed E-state index contributed by atoms with van der Waals surface area (Å²) in [5.74, 6) is 0.914. The number of hydrogen-bond donors (Lipinski definition) is 2. The molecule has 0 bridgehead atoms. The van der Waals surface area contributed by atoms with Gasteiger partial charge >= 0.3 is 0 Å². The molecule has 1 unspecified atom stereocenters. The van der Waals surface area contributed by atoms with E-state index in [-0.39, 0.29) is 6.61 Å². The lowest BCUT2D eigenvalue weighted by Gasteiger charge is -2.20. The number of nitrogens with zero attached hydrogens (tertiary/aromatic N) is 1. The molecule has 78 valence electrons. The van der Waals surface area contributed by atoms with Gasteiger partial charge < -0.3 is 10.8 Å². The SMILES string of the molecule is CC(N)(CO)CCSc1ccncc1. The summed E-state index contributed by atoms with van der Waals surface area (Å²) in [5.41, 5.74) is 5.35. The van der Waals surface area contributed by atoms with Crippen LogP contribution in [0.25, 0.3) is 0 Å². The maximum Gasteiger partial charge on any atom is 0.0608 e. The smallest absolute Gasteiger partial charge is 0.0608 e. The average Bonchev–Trinajstić information content (AvgIpc) is 2.19. The van der Waals surface area contributed by atoms with Gasteiger partial charge in [0.15, 0.2) is 0 Å². The van der Waals surface area contributed by atoms with Crippen molar-refractivity contribution in [2.75, 3.05) is 12.4 Å². The molecule has 3 nitrogen and oxygen atoms in total. The number of aliphatic hydroxyl groups excluding tert-OH is 1. The Morgan fingerprint density at radius 3 is 2.71 bits per heavy atom. The van der Waals surface area contributed by atoms with Crippen LogP contribution >= 0.6 is 11.8 Å². The molecule has 0 fully saturated rings. The fraction of sp³-hybridized carbons (Fsp3) is 0.500. The van der Waals surface area contributed by atoms with Gasteiger partial charge in [-0.1, -0.05) is 0 Å². The molecule has 1 atom stereocenters. The maximum absolute atomic E-state index is 8.95. The highest BCUT2D eigenvalue weighted by atomic mass is 32.2. The van der Waals surface area contributed by atoms with Crippen molar-refractivity contribution in [1.82, 2.24) is 4.98 Å². The summed E-state index contributed by atoms with van der Waals surface area (Å²) in [6.07, 6.45) is 4.35. The van der Waals surface area contributed by atoms with Crippen LogP contribution in [0.2, 0.25) is 0 Å². The Hall–Kier alpha value is -0.580. The van der Waals surface area contributed by atoms with Crippen LogP contribution < -0.4 is 5.73 Å². The van der Waals surface area contributed by atoms with Gasteiger partial charge in [-0.3, -0.25) is 4.98 Å². The topological polar surface area (TPSA) is 59.1 Å². The molecule has 0 saturated heterocycles. The fourth-order valence-electron chi connectivity index (χ4n) is 0.916. The van der Waals surface area contributed by atoms with Gasteiger partial charge in [-0.15, -0.1) is 11.8 Å². The molecule has 0 saturated carbocycles. The standard InChI is InChI=1S/C10H16N2OS/c1-10(11,8-13)4-7-14-9-2-5-12-6-3-9/h2-3,5-6,13H,4,7-8,11H2,1H3. The van der Waals surface area contributed by atoms with E-state index < -0.39 is 5.54 Å². The van der Waals surface area contributed by atoms with Crippen LogP contribution in [-0.2, 0) is 0 Å². The summed E-state index contributed by atoms with van der Waals surface area (Å²) >= 11 is 1.73. The predicted molar refractivity (Wildman–Crippen MR) is 59.3 cm³/mol. The second kappa shape index (κ2) is 5.34. The minimum Gasteiger partial charge on any atom is -0.394 e. The quantitative estimate of drug-likeness (QED) is 0.722.